The molecule has 1 aromatic heterocycles. The lowest BCUT2D eigenvalue weighted by molar-refractivity contribution is -0.111. The molecule has 1 amide bonds. The minimum atomic E-state index is -0.192. The Morgan fingerprint density at radius 3 is 2.43 bits per heavy atom. The Hall–Kier alpha value is -2.69. The van der Waals surface area contributed by atoms with Gasteiger partial charge in [0.15, 0.2) is 0 Å². The third kappa shape index (κ3) is 4.39. The summed E-state index contributed by atoms with van der Waals surface area (Å²) in [7, 11) is 0. The fourth-order valence-electron chi connectivity index (χ4n) is 2.56. The second kappa shape index (κ2) is 7.54. The van der Waals surface area contributed by atoms with Crippen molar-refractivity contribution in [1.82, 2.24) is 9.97 Å². The maximum atomic E-state index is 11.9. The van der Waals surface area contributed by atoms with Crippen LogP contribution < -0.4 is 10.2 Å². The van der Waals surface area contributed by atoms with E-state index in [0.29, 0.717) is 5.69 Å². The predicted molar refractivity (Wildman–Crippen MR) is 92.2 cm³/mol. The van der Waals surface area contributed by atoms with Crippen LogP contribution in [-0.2, 0) is 4.79 Å². The van der Waals surface area contributed by atoms with E-state index in [1.165, 1.54) is 25.3 Å². The Morgan fingerprint density at radius 2 is 1.74 bits per heavy atom. The van der Waals surface area contributed by atoms with Gasteiger partial charge in [0.05, 0.1) is 18.1 Å². The highest BCUT2D eigenvalue weighted by atomic mass is 16.1. The van der Waals surface area contributed by atoms with Gasteiger partial charge in [0.25, 0.3) is 0 Å². The van der Waals surface area contributed by atoms with Crippen LogP contribution >= 0.6 is 0 Å². The maximum absolute atomic E-state index is 11.9. The van der Waals surface area contributed by atoms with Crippen molar-refractivity contribution in [1.29, 1.82) is 0 Å². The van der Waals surface area contributed by atoms with Crippen LogP contribution in [-0.4, -0.2) is 29.0 Å². The molecule has 23 heavy (non-hydrogen) atoms. The molecule has 5 nitrogen and oxygen atoms in total. The zero-order chi connectivity index (χ0) is 15.9. The molecule has 2 heterocycles. The predicted octanol–water partition coefficient (Wildman–Crippen LogP) is 3.12. The van der Waals surface area contributed by atoms with Crippen molar-refractivity contribution < 1.29 is 4.79 Å². The van der Waals surface area contributed by atoms with E-state index in [0.717, 1.165) is 24.6 Å². The van der Waals surface area contributed by atoms with E-state index in [1.54, 1.807) is 18.5 Å². The molecule has 0 radical (unpaired) electrons. The number of carbonyl (C=O) groups is 1. The third-order valence-corrected chi connectivity index (χ3v) is 3.77. The number of rotatable bonds is 4. The number of hydrogen-bond donors (Lipinski definition) is 1. The number of nitrogens with one attached hydrogen (secondary N) is 1. The number of piperidine rings is 1. The zero-order valence-electron chi connectivity index (χ0n) is 13.0. The van der Waals surface area contributed by atoms with Crippen LogP contribution in [0.1, 0.15) is 24.8 Å². The van der Waals surface area contributed by atoms with Gasteiger partial charge in [-0.3, -0.25) is 4.79 Å². The third-order valence-electron chi connectivity index (χ3n) is 3.77. The van der Waals surface area contributed by atoms with E-state index in [-0.39, 0.29) is 5.91 Å². The zero-order valence-corrected chi connectivity index (χ0v) is 13.0. The molecular formula is C18H20N4O. The Kier molecular flexibility index (Phi) is 4.99. The summed E-state index contributed by atoms with van der Waals surface area (Å²) in [6, 6.07) is 9.70. The van der Waals surface area contributed by atoms with Crippen LogP contribution in [0.25, 0.3) is 6.08 Å². The molecule has 0 unspecified atom stereocenters. The second-order valence-electron chi connectivity index (χ2n) is 5.55. The average molecular weight is 308 g/mol. The first-order valence-corrected chi connectivity index (χ1v) is 7.92. The number of aromatic nitrogens is 2. The van der Waals surface area contributed by atoms with Crippen LogP contribution in [0.15, 0.2) is 48.8 Å². The molecule has 2 aromatic rings. The summed E-state index contributed by atoms with van der Waals surface area (Å²) in [5.41, 5.74) is 1.59. The van der Waals surface area contributed by atoms with Crippen LogP contribution in [0.5, 0.6) is 0 Å². The van der Waals surface area contributed by atoms with Gasteiger partial charge in [-0.25, -0.2) is 9.97 Å². The van der Waals surface area contributed by atoms with Gasteiger partial charge in [0.2, 0.25) is 11.9 Å². The molecule has 1 aliphatic rings. The lowest BCUT2D eigenvalue weighted by Gasteiger charge is -2.26. The first kappa shape index (κ1) is 15.2. The van der Waals surface area contributed by atoms with E-state index in [1.807, 2.05) is 30.3 Å². The van der Waals surface area contributed by atoms with Crippen molar-refractivity contribution in [3.8, 4) is 0 Å². The summed E-state index contributed by atoms with van der Waals surface area (Å²) in [5, 5.41) is 2.77. The molecule has 5 heteroatoms. The van der Waals surface area contributed by atoms with Crippen molar-refractivity contribution in [2.45, 2.75) is 19.3 Å². The SMILES string of the molecule is O=C(/C=C/c1ccccc1)Nc1cnc(N2CCCCC2)nc1. The lowest BCUT2D eigenvalue weighted by Crippen LogP contribution is -2.30. The molecular weight excluding hydrogens is 288 g/mol. The Balaban J connectivity index is 1.57. The summed E-state index contributed by atoms with van der Waals surface area (Å²) in [4.78, 5) is 22.8. The van der Waals surface area contributed by atoms with E-state index >= 15 is 0 Å². The normalized spacial score (nSPS) is 14.9. The summed E-state index contributed by atoms with van der Waals surface area (Å²) >= 11 is 0. The second-order valence-corrected chi connectivity index (χ2v) is 5.55. The summed E-state index contributed by atoms with van der Waals surface area (Å²) in [6.45, 7) is 2.01. The van der Waals surface area contributed by atoms with Crippen molar-refractivity contribution in [2.75, 3.05) is 23.3 Å². The van der Waals surface area contributed by atoms with Crippen LogP contribution in [0, 0.1) is 0 Å². The first-order valence-electron chi connectivity index (χ1n) is 7.92. The Labute approximate surface area is 136 Å². The molecule has 3 rings (SSSR count). The minimum absolute atomic E-state index is 0.192. The smallest absolute Gasteiger partial charge is 0.248 e. The Bertz CT molecular complexity index is 661. The van der Waals surface area contributed by atoms with Crippen LogP contribution in [0.3, 0.4) is 0 Å². The number of nitrogens with zero attached hydrogens (tertiary/aromatic N) is 3. The van der Waals surface area contributed by atoms with Gasteiger partial charge in [-0.05, 0) is 30.9 Å². The molecule has 1 fully saturated rings. The topological polar surface area (TPSA) is 58.1 Å². The number of benzene rings is 1. The van der Waals surface area contributed by atoms with Crippen molar-refractivity contribution in [3.63, 3.8) is 0 Å². The average Bonchev–Trinajstić information content (AvgIpc) is 2.62. The number of hydrogen-bond acceptors (Lipinski definition) is 4. The number of anilines is 2. The molecule has 1 N–H and O–H groups in total. The molecule has 118 valence electrons. The quantitative estimate of drug-likeness (QED) is 0.882. The maximum Gasteiger partial charge on any atom is 0.248 e. The monoisotopic (exact) mass is 308 g/mol. The molecule has 1 aromatic carbocycles. The van der Waals surface area contributed by atoms with Crippen molar-refractivity contribution in [2.24, 2.45) is 0 Å². The Morgan fingerprint density at radius 1 is 1.04 bits per heavy atom. The first-order chi connectivity index (χ1) is 11.3. The van der Waals surface area contributed by atoms with E-state index in [2.05, 4.69) is 20.2 Å². The van der Waals surface area contributed by atoms with Crippen molar-refractivity contribution in [3.05, 3.63) is 54.4 Å². The number of carbonyl (C=O) groups excluding carboxylic acids is 1. The van der Waals surface area contributed by atoms with Crippen LogP contribution in [0.2, 0.25) is 0 Å². The van der Waals surface area contributed by atoms with Gasteiger partial charge >= 0.3 is 0 Å². The standard InChI is InChI=1S/C18H20N4O/c23-17(10-9-15-7-3-1-4-8-15)21-16-13-19-18(20-14-16)22-11-5-2-6-12-22/h1,3-4,7-10,13-14H,2,5-6,11-12H2,(H,21,23)/b10-9+. The minimum Gasteiger partial charge on any atom is -0.341 e. The van der Waals surface area contributed by atoms with Crippen LogP contribution in [0.4, 0.5) is 11.6 Å². The number of amides is 1. The largest absolute Gasteiger partial charge is 0.341 e. The van der Waals surface area contributed by atoms with E-state index in [9.17, 15) is 4.79 Å². The van der Waals surface area contributed by atoms with E-state index in [4.69, 9.17) is 0 Å². The van der Waals surface area contributed by atoms with E-state index < -0.39 is 0 Å². The van der Waals surface area contributed by atoms with Gasteiger partial charge < -0.3 is 10.2 Å². The van der Waals surface area contributed by atoms with Crippen molar-refractivity contribution >= 4 is 23.6 Å². The highest BCUT2D eigenvalue weighted by Crippen LogP contribution is 2.16. The summed E-state index contributed by atoms with van der Waals surface area (Å²) < 4.78 is 0. The molecule has 1 saturated heterocycles. The molecule has 0 aliphatic carbocycles. The van der Waals surface area contributed by atoms with Gasteiger partial charge in [0.1, 0.15) is 0 Å². The summed E-state index contributed by atoms with van der Waals surface area (Å²) in [5.74, 6) is 0.547. The van der Waals surface area contributed by atoms with Gasteiger partial charge in [-0.2, -0.15) is 0 Å². The molecule has 0 saturated carbocycles. The molecule has 0 spiro atoms. The molecule has 1 aliphatic heterocycles. The lowest BCUT2D eigenvalue weighted by atomic mass is 10.1. The molecule has 0 atom stereocenters. The van der Waals surface area contributed by atoms with Gasteiger partial charge in [-0.15, -0.1) is 0 Å². The fourth-order valence-corrected chi connectivity index (χ4v) is 2.56. The molecule has 0 bridgehead atoms. The summed E-state index contributed by atoms with van der Waals surface area (Å²) in [6.07, 6.45) is 10.2. The van der Waals surface area contributed by atoms with Gasteiger partial charge in [0, 0.05) is 19.2 Å². The highest BCUT2D eigenvalue weighted by Gasteiger charge is 2.13. The fraction of sp³-hybridized carbons (Fsp3) is 0.278. The van der Waals surface area contributed by atoms with Gasteiger partial charge in [-0.1, -0.05) is 30.3 Å². The highest BCUT2D eigenvalue weighted by molar-refractivity contribution is 6.01.